The van der Waals surface area contributed by atoms with Crippen LogP contribution in [0.5, 0.6) is 0 Å². The van der Waals surface area contributed by atoms with E-state index in [0.717, 1.165) is 5.69 Å². The lowest BCUT2D eigenvalue weighted by molar-refractivity contribution is 0.0941. The van der Waals surface area contributed by atoms with E-state index < -0.39 is 0 Å². The molecular formula is C11H20N4O2. The van der Waals surface area contributed by atoms with Crippen LogP contribution in [0.2, 0.25) is 0 Å². The van der Waals surface area contributed by atoms with E-state index in [4.69, 9.17) is 10.5 Å². The smallest absolute Gasteiger partial charge is 0.269 e. The first-order valence-corrected chi connectivity index (χ1v) is 5.58. The maximum atomic E-state index is 11.8. The summed E-state index contributed by atoms with van der Waals surface area (Å²) in [6.07, 6.45) is 0.691. The number of hydrogen-bond donors (Lipinski definition) is 2. The van der Waals surface area contributed by atoms with Crippen molar-refractivity contribution in [2.45, 2.75) is 19.4 Å². The molecule has 0 saturated heterocycles. The lowest BCUT2D eigenvalue weighted by atomic mass is 10.2. The van der Waals surface area contributed by atoms with Gasteiger partial charge >= 0.3 is 0 Å². The molecule has 96 valence electrons. The molecule has 0 spiro atoms. The van der Waals surface area contributed by atoms with Crippen LogP contribution in [-0.2, 0) is 11.8 Å². The minimum Gasteiger partial charge on any atom is -0.383 e. The van der Waals surface area contributed by atoms with Crippen molar-refractivity contribution in [1.82, 2.24) is 15.1 Å². The zero-order valence-electron chi connectivity index (χ0n) is 10.6. The SMILES string of the molecule is COCC(N)CCNC(=O)c1cc(C)nn1C. The van der Waals surface area contributed by atoms with Crippen LogP contribution < -0.4 is 11.1 Å². The van der Waals surface area contributed by atoms with Gasteiger partial charge in [-0.1, -0.05) is 0 Å². The second-order valence-corrected chi connectivity index (χ2v) is 4.05. The van der Waals surface area contributed by atoms with Gasteiger partial charge in [-0.05, 0) is 19.4 Å². The number of methoxy groups -OCH3 is 1. The van der Waals surface area contributed by atoms with Crippen LogP contribution in [0.1, 0.15) is 22.6 Å². The van der Waals surface area contributed by atoms with Crippen molar-refractivity contribution in [3.8, 4) is 0 Å². The van der Waals surface area contributed by atoms with Gasteiger partial charge in [-0.3, -0.25) is 9.48 Å². The highest BCUT2D eigenvalue weighted by Crippen LogP contribution is 2.01. The lowest BCUT2D eigenvalue weighted by Crippen LogP contribution is -2.33. The quantitative estimate of drug-likeness (QED) is 0.723. The topological polar surface area (TPSA) is 82.2 Å². The second-order valence-electron chi connectivity index (χ2n) is 4.05. The first-order chi connectivity index (χ1) is 8.04. The Hall–Kier alpha value is -1.40. The van der Waals surface area contributed by atoms with Crippen LogP contribution >= 0.6 is 0 Å². The molecule has 0 fully saturated rings. The summed E-state index contributed by atoms with van der Waals surface area (Å²) in [6, 6.07) is 1.71. The summed E-state index contributed by atoms with van der Waals surface area (Å²) in [6.45, 7) is 2.89. The van der Waals surface area contributed by atoms with Gasteiger partial charge in [-0.15, -0.1) is 0 Å². The van der Waals surface area contributed by atoms with E-state index in [2.05, 4.69) is 10.4 Å². The summed E-state index contributed by atoms with van der Waals surface area (Å²) in [5.74, 6) is -0.127. The molecule has 1 heterocycles. The molecule has 0 aliphatic carbocycles. The normalized spacial score (nSPS) is 12.5. The molecule has 1 unspecified atom stereocenters. The monoisotopic (exact) mass is 240 g/mol. The number of rotatable bonds is 6. The van der Waals surface area contributed by atoms with Gasteiger partial charge < -0.3 is 15.8 Å². The van der Waals surface area contributed by atoms with E-state index in [1.54, 1.807) is 24.9 Å². The third kappa shape index (κ3) is 4.16. The second kappa shape index (κ2) is 6.36. The molecule has 1 aromatic rings. The maximum absolute atomic E-state index is 11.8. The van der Waals surface area contributed by atoms with Crippen molar-refractivity contribution in [2.24, 2.45) is 12.8 Å². The fourth-order valence-corrected chi connectivity index (χ4v) is 1.58. The third-order valence-electron chi connectivity index (χ3n) is 2.42. The molecule has 0 aliphatic heterocycles. The molecule has 1 rings (SSSR count). The first-order valence-electron chi connectivity index (χ1n) is 5.58. The average Bonchev–Trinajstić information content (AvgIpc) is 2.58. The van der Waals surface area contributed by atoms with Crippen molar-refractivity contribution in [3.63, 3.8) is 0 Å². The number of nitrogens with one attached hydrogen (secondary N) is 1. The van der Waals surface area contributed by atoms with Gasteiger partial charge in [0.15, 0.2) is 0 Å². The van der Waals surface area contributed by atoms with E-state index in [1.807, 2.05) is 6.92 Å². The van der Waals surface area contributed by atoms with Gasteiger partial charge in [0.1, 0.15) is 5.69 Å². The Bertz CT molecular complexity index is 376. The Morgan fingerprint density at radius 1 is 1.71 bits per heavy atom. The summed E-state index contributed by atoms with van der Waals surface area (Å²) in [5.41, 5.74) is 7.13. The molecule has 1 amide bonds. The highest BCUT2D eigenvalue weighted by Gasteiger charge is 2.11. The largest absolute Gasteiger partial charge is 0.383 e. The molecule has 0 aromatic carbocycles. The molecule has 17 heavy (non-hydrogen) atoms. The number of carbonyl (C=O) groups is 1. The highest BCUT2D eigenvalue weighted by molar-refractivity contribution is 5.92. The number of carbonyl (C=O) groups excluding carboxylic acids is 1. The van der Waals surface area contributed by atoms with Gasteiger partial charge in [-0.25, -0.2) is 0 Å². The first kappa shape index (κ1) is 13.7. The lowest BCUT2D eigenvalue weighted by Gasteiger charge is -2.10. The fraction of sp³-hybridized carbons (Fsp3) is 0.636. The summed E-state index contributed by atoms with van der Waals surface area (Å²) in [4.78, 5) is 11.8. The molecule has 1 aromatic heterocycles. The molecule has 0 aliphatic rings. The van der Waals surface area contributed by atoms with Gasteiger partial charge in [0.05, 0.1) is 12.3 Å². The third-order valence-corrected chi connectivity index (χ3v) is 2.42. The van der Waals surface area contributed by atoms with Crippen molar-refractivity contribution in [3.05, 3.63) is 17.5 Å². The Morgan fingerprint density at radius 2 is 2.41 bits per heavy atom. The molecule has 0 bridgehead atoms. The van der Waals surface area contributed by atoms with Crippen molar-refractivity contribution in [2.75, 3.05) is 20.3 Å². The number of amides is 1. The van der Waals surface area contributed by atoms with Gasteiger partial charge in [0.2, 0.25) is 0 Å². The van der Waals surface area contributed by atoms with Crippen molar-refractivity contribution in [1.29, 1.82) is 0 Å². The Morgan fingerprint density at radius 3 is 2.94 bits per heavy atom. The standard InChI is InChI=1S/C11H20N4O2/c1-8-6-10(15(2)14-8)11(16)13-5-4-9(12)7-17-3/h6,9H,4-5,7,12H2,1-3H3,(H,13,16). The Balaban J connectivity index is 2.37. The number of ether oxygens (including phenoxy) is 1. The summed E-state index contributed by atoms with van der Waals surface area (Å²) < 4.78 is 6.49. The number of nitrogens with zero attached hydrogens (tertiary/aromatic N) is 2. The molecule has 0 saturated carbocycles. The predicted octanol–water partition coefficient (Wildman–Crippen LogP) is -0.178. The zero-order chi connectivity index (χ0) is 12.8. The minimum absolute atomic E-state index is 0.0476. The maximum Gasteiger partial charge on any atom is 0.269 e. The van der Waals surface area contributed by atoms with Crippen LogP contribution in [-0.4, -0.2) is 42.0 Å². The average molecular weight is 240 g/mol. The minimum atomic E-state index is -0.127. The fourth-order valence-electron chi connectivity index (χ4n) is 1.58. The van der Waals surface area contributed by atoms with Gasteiger partial charge in [0.25, 0.3) is 5.91 Å². The Kier molecular flexibility index (Phi) is 5.11. The van der Waals surface area contributed by atoms with E-state index in [-0.39, 0.29) is 11.9 Å². The molecule has 6 heteroatoms. The Labute approximate surface area is 101 Å². The van der Waals surface area contributed by atoms with E-state index in [0.29, 0.717) is 25.3 Å². The van der Waals surface area contributed by atoms with Crippen LogP contribution in [0.25, 0.3) is 0 Å². The molecular weight excluding hydrogens is 220 g/mol. The number of nitrogens with two attached hydrogens (primary N) is 1. The van der Waals surface area contributed by atoms with Gasteiger partial charge in [0, 0.05) is 26.7 Å². The van der Waals surface area contributed by atoms with Crippen molar-refractivity contribution < 1.29 is 9.53 Å². The zero-order valence-corrected chi connectivity index (χ0v) is 10.6. The molecule has 0 radical (unpaired) electrons. The summed E-state index contributed by atoms with van der Waals surface area (Å²) in [5, 5.41) is 6.92. The van der Waals surface area contributed by atoms with Crippen LogP contribution in [0.15, 0.2) is 6.07 Å². The molecule has 3 N–H and O–H groups in total. The summed E-state index contributed by atoms with van der Waals surface area (Å²) in [7, 11) is 3.36. The molecule has 1 atom stereocenters. The van der Waals surface area contributed by atoms with Crippen molar-refractivity contribution >= 4 is 5.91 Å². The van der Waals surface area contributed by atoms with Gasteiger partial charge in [-0.2, -0.15) is 5.10 Å². The predicted molar refractivity (Wildman–Crippen MR) is 64.7 cm³/mol. The summed E-state index contributed by atoms with van der Waals surface area (Å²) >= 11 is 0. The number of hydrogen-bond acceptors (Lipinski definition) is 4. The van der Waals surface area contributed by atoms with E-state index in [9.17, 15) is 4.79 Å². The number of aromatic nitrogens is 2. The van der Waals surface area contributed by atoms with E-state index in [1.165, 1.54) is 0 Å². The number of aryl methyl sites for hydroxylation is 2. The van der Waals surface area contributed by atoms with Crippen LogP contribution in [0, 0.1) is 6.92 Å². The molecule has 6 nitrogen and oxygen atoms in total. The van der Waals surface area contributed by atoms with Crippen LogP contribution in [0.3, 0.4) is 0 Å². The van der Waals surface area contributed by atoms with Crippen LogP contribution in [0.4, 0.5) is 0 Å². The van der Waals surface area contributed by atoms with E-state index >= 15 is 0 Å². The highest BCUT2D eigenvalue weighted by atomic mass is 16.5.